The zero-order valence-corrected chi connectivity index (χ0v) is 9.51. The number of nitrogens with one attached hydrogen (secondary N) is 1. The largest absolute Gasteiger partial charge is 0.313 e. The zero-order valence-electron chi connectivity index (χ0n) is 9.51. The van der Waals surface area contributed by atoms with Crippen molar-refractivity contribution in [2.75, 3.05) is 6.54 Å². The Labute approximate surface area is 87.5 Å². The molecule has 1 aromatic carbocycles. The summed E-state index contributed by atoms with van der Waals surface area (Å²) in [5.74, 6) is 0. The minimum Gasteiger partial charge on any atom is -0.313 e. The second-order valence-corrected chi connectivity index (χ2v) is 4.97. The highest BCUT2D eigenvalue weighted by Crippen LogP contribution is 2.16. The molecule has 0 aromatic heterocycles. The molecule has 0 unspecified atom stereocenters. The molecule has 1 aromatic rings. The summed E-state index contributed by atoms with van der Waals surface area (Å²) in [5.41, 5.74) is 1.80. The predicted molar refractivity (Wildman–Crippen MR) is 62.2 cm³/mol. The monoisotopic (exact) mass is 191 g/mol. The van der Waals surface area contributed by atoms with E-state index in [9.17, 15) is 0 Å². The standard InChI is InChI=1S/C13H21N/c1-13(2,3)9-10-14-11-12-7-5-4-6-8-12/h4-8,14H,9-11H2,1-3H3. The molecular formula is C13H21N. The van der Waals surface area contributed by atoms with Gasteiger partial charge in [0.25, 0.3) is 0 Å². The van der Waals surface area contributed by atoms with Crippen LogP contribution in [-0.4, -0.2) is 6.54 Å². The Bertz CT molecular complexity index is 246. The van der Waals surface area contributed by atoms with Gasteiger partial charge in [0.05, 0.1) is 0 Å². The van der Waals surface area contributed by atoms with Gasteiger partial charge in [-0.1, -0.05) is 51.1 Å². The summed E-state index contributed by atoms with van der Waals surface area (Å²) < 4.78 is 0. The summed E-state index contributed by atoms with van der Waals surface area (Å²) >= 11 is 0. The lowest BCUT2D eigenvalue weighted by Crippen LogP contribution is -2.20. The summed E-state index contributed by atoms with van der Waals surface area (Å²) in [4.78, 5) is 0. The zero-order chi connectivity index (χ0) is 10.4. The van der Waals surface area contributed by atoms with Gasteiger partial charge in [0.15, 0.2) is 0 Å². The van der Waals surface area contributed by atoms with E-state index in [2.05, 4.69) is 56.4 Å². The molecule has 1 nitrogen and oxygen atoms in total. The lowest BCUT2D eigenvalue weighted by atomic mass is 9.92. The van der Waals surface area contributed by atoms with Gasteiger partial charge in [-0.25, -0.2) is 0 Å². The molecule has 0 saturated heterocycles. The van der Waals surface area contributed by atoms with Crippen LogP contribution in [0.5, 0.6) is 0 Å². The van der Waals surface area contributed by atoms with Crippen LogP contribution >= 0.6 is 0 Å². The van der Waals surface area contributed by atoms with Crippen molar-refractivity contribution < 1.29 is 0 Å². The molecule has 1 rings (SSSR count). The molecule has 0 spiro atoms. The Morgan fingerprint density at radius 2 is 1.71 bits per heavy atom. The molecule has 1 heteroatoms. The molecule has 0 aliphatic rings. The molecule has 0 radical (unpaired) electrons. The van der Waals surface area contributed by atoms with Gasteiger partial charge in [0, 0.05) is 6.54 Å². The van der Waals surface area contributed by atoms with E-state index in [4.69, 9.17) is 0 Å². The van der Waals surface area contributed by atoms with Crippen molar-refractivity contribution in [1.82, 2.24) is 5.32 Å². The van der Waals surface area contributed by atoms with E-state index in [0.717, 1.165) is 13.1 Å². The van der Waals surface area contributed by atoms with Gasteiger partial charge in [-0.15, -0.1) is 0 Å². The molecule has 0 atom stereocenters. The third kappa shape index (κ3) is 5.03. The topological polar surface area (TPSA) is 12.0 Å². The van der Waals surface area contributed by atoms with Crippen molar-refractivity contribution in [3.05, 3.63) is 35.9 Å². The van der Waals surface area contributed by atoms with Gasteiger partial charge in [0.1, 0.15) is 0 Å². The highest BCUT2D eigenvalue weighted by Gasteiger charge is 2.08. The van der Waals surface area contributed by atoms with Crippen LogP contribution in [0.2, 0.25) is 0 Å². The Balaban J connectivity index is 2.17. The van der Waals surface area contributed by atoms with E-state index in [-0.39, 0.29) is 0 Å². The molecule has 0 saturated carbocycles. The summed E-state index contributed by atoms with van der Waals surface area (Å²) in [6, 6.07) is 10.5. The van der Waals surface area contributed by atoms with Gasteiger partial charge < -0.3 is 5.32 Å². The summed E-state index contributed by atoms with van der Waals surface area (Å²) in [6.07, 6.45) is 1.22. The number of hydrogen-bond donors (Lipinski definition) is 1. The Hall–Kier alpha value is -0.820. The fourth-order valence-corrected chi connectivity index (χ4v) is 1.29. The fourth-order valence-electron chi connectivity index (χ4n) is 1.29. The molecule has 78 valence electrons. The average Bonchev–Trinajstić information content (AvgIpc) is 2.13. The van der Waals surface area contributed by atoms with Crippen LogP contribution in [-0.2, 0) is 6.54 Å². The first kappa shape index (κ1) is 11.3. The molecule has 0 fully saturated rings. The van der Waals surface area contributed by atoms with Gasteiger partial charge >= 0.3 is 0 Å². The van der Waals surface area contributed by atoms with Crippen molar-refractivity contribution in [3.8, 4) is 0 Å². The average molecular weight is 191 g/mol. The lowest BCUT2D eigenvalue weighted by molar-refractivity contribution is 0.366. The molecule has 1 N–H and O–H groups in total. The molecule has 0 aliphatic heterocycles. The second kappa shape index (κ2) is 5.16. The van der Waals surface area contributed by atoms with E-state index >= 15 is 0 Å². The van der Waals surface area contributed by atoms with Crippen LogP contribution in [0.15, 0.2) is 30.3 Å². The van der Waals surface area contributed by atoms with Crippen LogP contribution in [0.1, 0.15) is 32.8 Å². The first-order valence-electron chi connectivity index (χ1n) is 5.32. The summed E-state index contributed by atoms with van der Waals surface area (Å²) in [7, 11) is 0. The Kier molecular flexibility index (Phi) is 4.15. The normalized spacial score (nSPS) is 11.6. The van der Waals surface area contributed by atoms with Crippen LogP contribution in [0.3, 0.4) is 0 Å². The maximum atomic E-state index is 3.46. The first-order valence-corrected chi connectivity index (χ1v) is 5.32. The third-order valence-electron chi connectivity index (χ3n) is 2.22. The number of rotatable bonds is 4. The maximum absolute atomic E-state index is 3.46. The smallest absolute Gasteiger partial charge is 0.0205 e. The van der Waals surface area contributed by atoms with Crippen LogP contribution < -0.4 is 5.32 Å². The Morgan fingerprint density at radius 1 is 1.07 bits per heavy atom. The Morgan fingerprint density at radius 3 is 2.29 bits per heavy atom. The van der Waals surface area contributed by atoms with Crippen molar-refractivity contribution in [1.29, 1.82) is 0 Å². The van der Waals surface area contributed by atoms with E-state index in [1.54, 1.807) is 0 Å². The second-order valence-electron chi connectivity index (χ2n) is 4.97. The molecular weight excluding hydrogens is 170 g/mol. The van der Waals surface area contributed by atoms with Crippen molar-refractivity contribution in [3.63, 3.8) is 0 Å². The highest BCUT2D eigenvalue weighted by molar-refractivity contribution is 5.14. The van der Waals surface area contributed by atoms with Crippen molar-refractivity contribution >= 4 is 0 Å². The minimum absolute atomic E-state index is 0.434. The molecule has 0 bridgehead atoms. The maximum Gasteiger partial charge on any atom is 0.0205 e. The minimum atomic E-state index is 0.434. The third-order valence-corrected chi connectivity index (χ3v) is 2.22. The van der Waals surface area contributed by atoms with E-state index in [1.165, 1.54) is 12.0 Å². The van der Waals surface area contributed by atoms with E-state index < -0.39 is 0 Å². The van der Waals surface area contributed by atoms with Gasteiger partial charge in [-0.2, -0.15) is 0 Å². The number of hydrogen-bond acceptors (Lipinski definition) is 1. The van der Waals surface area contributed by atoms with Gasteiger partial charge in [0.2, 0.25) is 0 Å². The molecule has 14 heavy (non-hydrogen) atoms. The lowest BCUT2D eigenvalue weighted by Gasteiger charge is -2.18. The van der Waals surface area contributed by atoms with Crippen molar-refractivity contribution in [2.24, 2.45) is 5.41 Å². The highest BCUT2D eigenvalue weighted by atomic mass is 14.8. The van der Waals surface area contributed by atoms with Crippen LogP contribution in [0.4, 0.5) is 0 Å². The SMILES string of the molecule is CC(C)(C)CCNCc1ccccc1. The predicted octanol–water partition coefficient (Wildman–Crippen LogP) is 3.21. The van der Waals surface area contributed by atoms with Gasteiger partial charge in [-0.3, -0.25) is 0 Å². The molecule has 0 heterocycles. The number of benzene rings is 1. The fraction of sp³-hybridized carbons (Fsp3) is 0.538. The summed E-state index contributed by atoms with van der Waals surface area (Å²) in [6.45, 7) is 8.90. The van der Waals surface area contributed by atoms with Gasteiger partial charge in [-0.05, 0) is 23.9 Å². The molecule has 0 aliphatic carbocycles. The van der Waals surface area contributed by atoms with Crippen LogP contribution in [0.25, 0.3) is 0 Å². The van der Waals surface area contributed by atoms with Crippen LogP contribution in [0, 0.1) is 5.41 Å². The molecule has 0 amide bonds. The van der Waals surface area contributed by atoms with Crippen molar-refractivity contribution in [2.45, 2.75) is 33.7 Å². The first-order chi connectivity index (χ1) is 6.58. The van der Waals surface area contributed by atoms with E-state index in [1.807, 2.05) is 0 Å². The summed E-state index contributed by atoms with van der Waals surface area (Å²) in [5, 5.41) is 3.46. The van der Waals surface area contributed by atoms with E-state index in [0.29, 0.717) is 5.41 Å². The quantitative estimate of drug-likeness (QED) is 0.721.